The predicted octanol–water partition coefficient (Wildman–Crippen LogP) is 3.38. The first kappa shape index (κ1) is 14.6. The maximum Gasteiger partial charge on any atom is 0.223 e. The van der Waals surface area contributed by atoms with Gasteiger partial charge in [0.1, 0.15) is 5.52 Å². The molecule has 2 atom stereocenters. The molecule has 1 aliphatic carbocycles. The van der Waals surface area contributed by atoms with E-state index in [1.165, 1.54) is 6.42 Å². The number of rotatable bonds is 4. The largest absolute Gasteiger partial charge is 0.368 e. The van der Waals surface area contributed by atoms with E-state index in [-0.39, 0.29) is 5.95 Å². The first-order valence-corrected chi connectivity index (χ1v) is 7.87. The molecule has 0 aromatic carbocycles. The van der Waals surface area contributed by atoms with Crippen LogP contribution in [0.5, 0.6) is 0 Å². The van der Waals surface area contributed by atoms with Crippen molar-refractivity contribution in [3.05, 3.63) is 11.5 Å². The second kappa shape index (κ2) is 4.83. The number of hydrogen-bond donors (Lipinski definition) is 1. The van der Waals surface area contributed by atoms with E-state index in [2.05, 4.69) is 47.2 Å². The highest BCUT2D eigenvalue weighted by atomic mass is 35.5. The van der Waals surface area contributed by atoms with Crippen LogP contribution in [0.3, 0.4) is 0 Å². The summed E-state index contributed by atoms with van der Waals surface area (Å²) in [6, 6.07) is 0. The lowest BCUT2D eigenvalue weighted by molar-refractivity contribution is 0.256. The predicted molar refractivity (Wildman–Crippen MR) is 85.0 cm³/mol. The molecule has 0 bridgehead atoms. The number of hydrogen-bond acceptors (Lipinski definition) is 4. The Morgan fingerprint density at radius 1 is 1.38 bits per heavy atom. The minimum absolute atomic E-state index is 0.198. The summed E-state index contributed by atoms with van der Waals surface area (Å²) >= 11 is 6.10. The van der Waals surface area contributed by atoms with Gasteiger partial charge in [0.2, 0.25) is 5.95 Å². The summed E-state index contributed by atoms with van der Waals surface area (Å²) in [5, 5.41) is 0.325. The maximum absolute atomic E-state index is 6.10. The van der Waals surface area contributed by atoms with Crippen molar-refractivity contribution in [1.29, 1.82) is 0 Å². The van der Waals surface area contributed by atoms with Gasteiger partial charge in [-0.25, -0.2) is 4.98 Å². The molecule has 2 heterocycles. The fourth-order valence-corrected chi connectivity index (χ4v) is 3.86. The Hall–Kier alpha value is -1.36. The molecule has 5 nitrogen and oxygen atoms in total. The fourth-order valence-electron chi connectivity index (χ4n) is 3.64. The lowest BCUT2D eigenvalue weighted by Crippen LogP contribution is -2.22. The molecule has 2 N–H and O–H groups in total. The number of imidazole rings is 1. The van der Waals surface area contributed by atoms with Crippen molar-refractivity contribution in [1.82, 2.24) is 19.5 Å². The monoisotopic (exact) mass is 307 g/mol. The summed E-state index contributed by atoms with van der Waals surface area (Å²) in [6.07, 6.45) is 3.07. The van der Waals surface area contributed by atoms with Crippen LogP contribution in [-0.4, -0.2) is 19.5 Å². The smallest absolute Gasteiger partial charge is 0.223 e. The van der Waals surface area contributed by atoms with Crippen LogP contribution >= 0.6 is 11.6 Å². The maximum atomic E-state index is 6.10. The second-order valence-electron chi connectivity index (χ2n) is 6.86. The Kier molecular flexibility index (Phi) is 3.35. The fraction of sp³-hybridized carbons (Fsp3) is 0.667. The number of aromatic nitrogens is 4. The van der Waals surface area contributed by atoms with Crippen molar-refractivity contribution in [2.45, 2.75) is 40.7 Å². The van der Waals surface area contributed by atoms with Crippen LogP contribution in [0, 0.1) is 23.2 Å². The van der Waals surface area contributed by atoms with Gasteiger partial charge in [-0.2, -0.15) is 9.97 Å². The van der Waals surface area contributed by atoms with Crippen molar-refractivity contribution in [3.63, 3.8) is 0 Å². The summed E-state index contributed by atoms with van der Waals surface area (Å²) in [6.45, 7) is 10.1. The first-order chi connectivity index (χ1) is 9.85. The van der Waals surface area contributed by atoms with E-state index in [9.17, 15) is 0 Å². The Labute approximate surface area is 129 Å². The molecule has 1 fully saturated rings. The van der Waals surface area contributed by atoms with Crippen LogP contribution in [-0.2, 0) is 6.54 Å². The number of halogens is 1. The molecular weight excluding hydrogens is 286 g/mol. The molecule has 1 saturated carbocycles. The highest BCUT2D eigenvalue weighted by Crippen LogP contribution is 2.62. The van der Waals surface area contributed by atoms with Crippen LogP contribution in [0.1, 0.15) is 34.1 Å². The molecule has 21 heavy (non-hydrogen) atoms. The Morgan fingerprint density at radius 3 is 2.67 bits per heavy atom. The number of fused-ring (bicyclic) bond motifs is 1. The molecule has 6 heteroatoms. The second-order valence-corrected chi connectivity index (χ2v) is 7.22. The quantitative estimate of drug-likeness (QED) is 0.879. The number of nitrogen functional groups attached to an aromatic ring is 1. The molecule has 0 saturated heterocycles. The van der Waals surface area contributed by atoms with E-state index in [1.54, 1.807) is 0 Å². The van der Waals surface area contributed by atoms with Crippen LogP contribution in [0.4, 0.5) is 5.95 Å². The standard InChI is InChI=1S/C15H22ClN5/c1-8(2)10-5-15(10,9(3)4)6-21-7-18-11-12(16)19-14(17)20-13(11)21/h7-10H,5-6H2,1-4H3,(H2,17,19,20). The minimum atomic E-state index is 0.198. The summed E-state index contributed by atoms with van der Waals surface area (Å²) in [7, 11) is 0. The van der Waals surface area contributed by atoms with Gasteiger partial charge in [0.15, 0.2) is 10.8 Å². The van der Waals surface area contributed by atoms with E-state index in [0.717, 1.165) is 18.1 Å². The van der Waals surface area contributed by atoms with Crippen LogP contribution < -0.4 is 5.73 Å². The molecule has 0 aliphatic heterocycles. The normalized spacial score (nSPS) is 25.2. The topological polar surface area (TPSA) is 69.6 Å². The Balaban J connectivity index is 1.99. The van der Waals surface area contributed by atoms with Crippen molar-refractivity contribution in [2.24, 2.45) is 23.2 Å². The Bertz CT molecular complexity index is 678. The van der Waals surface area contributed by atoms with E-state index in [0.29, 0.717) is 27.9 Å². The average molecular weight is 308 g/mol. The van der Waals surface area contributed by atoms with Crippen molar-refractivity contribution >= 4 is 28.7 Å². The van der Waals surface area contributed by atoms with Gasteiger partial charge in [-0.3, -0.25) is 0 Å². The summed E-state index contributed by atoms with van der Waals surface area (Å²) in [5.74, 6) is 2.27. The lowest BCUT2D eigenvalue weighted by Gasteiger charge is -2.24. The van der Waals surface area contributed by atoms with Crippen molar-refractivity contribution in [3.8, 4) is 0 Å². The molecule has 114 valence electrons. The molecule has 0 spiro atoms. The molecular formula is C15H22ClN5. The van der Waals surface area contributed by atoms with Crippen molar-refractivity contribution < 1.29 is 0 Å². The third-order valence-corrected chi connectivity index (χ3v) is 5.30. The van der Waals surface area contributed by atoms with E-state index in [1.807, 2.05) is 6.33 Å². The Morgan fingerprint density at radius 2 is 2.10 bits per heavy atom. The minimum Gasteiger partial charge on any atom is -0.368 e. The SMILES string of the molecule is CC(C)C1CC1(Cn1cnc2c(Cl)nc(N)nc21)C(C)C. The van der Waals surface area contributed by atoms with Crippen molar-refractivity contribution in [2.75, 3.05) is 5.73 Å². The molecule has 0 amide bonds. The van der Waals surface area contributed by atoms with Crippen LogP contribution in [0.15, 0.2) is 6.33 Å². The zero-order valence-corrected chi connectivity index (χ0v) is 13.7. The van der Waals surface area contributed by atoms with Crippen LogP contribution in [0.2, 0.25) is 5.15 Å². The van der Waals surface area contributed by atoms with E-state index in [4.69, 9.17) is 17.3 Å². The van der Waals surface area contributed by atoms with Gasteiger partial charge in [-0.05, 0) is 29.6 Å². The highest BCUT2D eigenvalue weighted by Gasteiger charge is 2.57. The van der Waals surface area contributed by atoms with Gasteiger partial charge in [0.25, 0.3) is 0 Å². The van der Waals surface area contributed by atoms with Gasteiger partial charge in [0, 0.05) is 6.54 Å². The van der Waals surface area contributed by atoms with Gasteiger partial charge in [-0.1, -0.05) is 39.3 Å². The number of nitrogens with zero attached hydrogens (tertiary/aromatic N) is 4. The first-order valence-electron chi connectivity index (χ1n) is 7.49. The molecule has 2 unspecified atom stereocenters. The van der Waals surface area contributed by atoms with Gasteiger partial charge >= 0.3 is 0 Å². The third-order valence-electron chi connectivity index (χ3n) is 5.04. The number of nitrogens with two attached hydrogens (primary N) is 1. The highest BCUT2D eigenvalue weighted by molar-refractivity contribution is 6.33. The molecule has 0 radical (unpaired) electrons. The lowest BCUT2D eigenvalue weighted by atomic mass is 9.86. The zero-order valence-electron chi connectivity index (χ0n) is 13.0. The van der Waals surface area contributed by atoms with Gasteiger partial charge < -0.3 is 10.3 Å². The summed E-state index contributed by atoms with van der Waals surface area (Å²) < 4.78 is 2.08. The molecule has 2 aromatic heterocycles. The third kappa shape index (κ3) is 2.27. The zero-order chi connectivity index (χ0) is 15.4. The molecule has 2 aromatic rings. The van der Waals surface area contributed by atoms with Crippen LogP contribution in [0.25, 0.3) is 11.2 Å². The molecule has 1 aliphatic rings. The summed E-state index contributed by atoms with van der Waals surface area (Å²) in [4.78, 5) is 12.6. The van der Waals surface area contributed by atoms with E-state index >= 15 is 0 Å². The summed E-state index contributed by atoms with van der Waals surface area (Å²) in [5.41, 5.74) is 7.42. The number of anilines is 1. The average Bonchev–Trinajstić information content (AvgIpc) is 2.99. The van der Waals surface area contributed by atoms with Gasteiger partial charge in [0.05, 0.1) is 6.33 Å². The molecule has 3 rings (SSSR count). The van der Waals surface area contributed by atoms with E-state index < -0.39 is 0 Å². The van der Waals surface area contributed by atoms with Gasteiger partial charge in [-0.15, -0.1) is 0 Å².